The number of amides is 1. The summed E-state index contributed by atoms with van der Waals surface area (Å²) in [6.45, 7) is 2.07. The summed E-state index contributed by atoms with van der Waals surface area (Å²) in [4.78, 5) is 15.3. The number of unbranched alkanes of at least 4 members (excludes halogenated alkanes) is 1. The Bertz CT molecular complexity index is 934. The molecule has 2 aromatic carbocycles. The van der Waals surface area contributed by atoms with E-state index in [2.05, 4.69) is 24.3 Å². The highest BCUT2D eigenvalue weighted by atomic mass is 16.5. The van der Waals surface area contributed by atoms with E-state index in [9.17, 15) is 9.90 Å². The number of carbonyl (C=O) groups excluding carboxylic acids is 1. The van der Waals surface area contributed by atoms with Crippen LogP contribution < -0.4 is 5.73 Å². The number of piperidine rings is 1. The standard InChI is InChI=1S/C29H40N2O3/c1-34-19-8-7-17-29(33,27-14-6-5-13-26(27)22-10-3-2-4-11-22)24-12-9-18-31(21-24)28(32)23-15-16-25(30)20-23/h2-6,10-11,13-14,23-25,33H,7-9,12,15-21,30H2,1H3/t23-,24?,25+,29?/m1/s1. The first-order chi connectivity index (χ1) is 16.5. The van der Waals surface area contributed by atoms with Gasteiger partial charge in [-0.15, -0.1) is 0 Å². The van der Waals surface area contributed by atoms with E-state index in [0.717, 1.165) is 68.2 Å². The van der Waals surface area contributed by atoms with Gasteiger partial charge in [0.15, 0.2) is 0 Å². The molecule has 34 heavy (non-hydrogen) atoms. The van der Waals surface area contributed by atoms with Crippen molar-refractivity contribution in [3.8, 4) is 11.1 Å². The molecule has 2 unspecified atom stereocenters. The Morgan fingerprint density at radius 1 is 1.09 bits per heavy atom. The number of methoxy groups -OCH3 is 1. The van der Waals surface area contributed by atoms with E-state index < -0.39 is 5.60 Å². The molecule has 0 aromatic heterocycles. The zero-order valence-electron chi connectivity index (χ0n) is 20.5. The highest BCUT2D eigenvalue weighted by Gasteiger charge is 2.43. The molecule has 184 valence electrons. The summed E-state index contributed by atoms with van der Waals surface area (Å²) in [5.74, 6) is 0.267. The molecule has 2 aromatic rings. The van der Waals surface area contributed by atoms with E-state index in [0.29, 0.717) is 19.6 Å². The molecule has 4 rings (SSSR count). The molecule has 5 heteroatoms. The highest BCUT2D eigenvalue weighted by molar-refractivity contribution is 5.79. The summed E-state index contributed by atoms with van der Waals surface area (Å²) in [5.41, 5.74) is 8.24. The molecule has 1 saturated heterocycles. The molecule has 5 nitrogen and oxygen atoms in total. The van der Waals surface area contributed by atoms with Gasteiger partial charge < -0.3 is 20.5 Å². The van der Waals surface area contributed by atoms with Gasteiger partial charge in [0.05, 0.1) is 5.60 Å². The molecule has 2 aliphatic rings. The predicted octanol–water partition coefficient (Wildman–Crippen LogP) is 4.72. The first-order valence-electron chi connectivity index (χ1n) is 12.9. The average molecular weight is 465 g/mol. The van der Waals surface area contributed by atoms with Crippen LogP contribution in [0.5, 0.6) is 0 Å². The van der Waals surface area contributed by atoms with Crippen LogP contribution in [0, 0.1) is 11.8 Å². The van der Waals surface area contributed by atoms with Gasteiger partial charge in [0.2, 0.25) is 5.91 Å². The maximum Gasteiger partial charge on any atom is 0.225 e. The minimum absolute atomic E-state index is 0.00677. The summed E-state index contributed by atoms with van der Waals surface area (Å²) in [6, 6.07) is 18.7. The fraction of sp³-hybridized carbons (Fsp3) is 0.552. The monoisotopic (exact) mass is 464 g/mol. The predicted molar refractivity (Wildman–Crippen MR) is 136 cm³/mol. The van der Waals surface area contributed by atoms with Crippen LogP contribution in [0.4, 0.5) is 0 Å². The van der Waals surface area contributed by atoms with Gasteiger partial charge in [-0.3, -0.25) is 4.79 Å². The summed E-state index contributed by atoms with van der Waals surface area (Å²) >= 11 is 0. The third-order valence-electron chi connectivity index (χ3n) is 7.87. The first-order valence-corrected chi connectivity index (χ1v) is 12.9. The SMILES string of the molecule is COCCCCC(O)(c1ccccc1-c1ccccc1)C1CCCN(C(=O)[C@@H]2CC[C@H](N)C2)C1. The topological polar surface area (TPSA) is 75.8 Å². The van der Waals surface area contributed by atoms with Crippen molar-refractivity contribution in [2.75, 3.05) is 26.8 Å². The number of hydrogen-bond acceptors (Lipinski definition) is 4. The lowest BCUT2D eigenvalue weighted by atomic mass is 9.72. The van der Waals surface area contributed by atoms with Crippen LogP contribution in [-0.4, -0.2) is 48.8 Å². The normalized spacial score (nSPS) is 24.7. The van der Waals surface area contributed by atoms with Gasteiger partial charge in [-0.1, -0.05) is 54.6 Å². The first kappa shape index (κ1) is 24.9. The van der Waals surface area contributed by atoms with Crippen molar-refractivity contribution >= 4 is 5.91 Å². The van der Waals surface area contributed by atoms with Gasteiger partial charge >= 0.3 is 0 Å². The number of nitrogens with zero attached hydrogens (tertiary/aromatic N) is 1. The zero-order valence-corrected chi connectivity index (χ0v) is 20.5. The lowest BCUT2D eigenvalue weighted by Crippen LogP contribution is -2.49. The molecule has 1 amide bonds. The molecule has 1 heterocycles. The van der Waals surface area contributed by atoms with Crippen LogP contribution in [0.25, 0.3) is 11.1 Å². The zero-order chi connectivity index (χ0) is 24.0. The molecule has 0 bridgehead atoms. The largest absolute Gasteiger partial charge is 0.385 e. The molecule has 4 atom stereocenters. The van der Waals surface area contributed by atoms with E-state index in [1.807, 2.05) is 35.2 Å². The Hall–Kier alpha value is -2.21. The highest BCUT2D eigenvalue weighted by Crippen LogP contribution is 2.44. The molecule has 3 N–H and O–H groups in total. The smallest absolute Gasteiger partial charge is 0.225 e. The Kier molecular flexibility index (Phi) is 8.41. The van der Waals surface area contributed by atoms with Gasteiger partial charge in [-0.05, 0) is 68.1 Å². The maximum atomic E-state index is 13.3. The molecule has 1 saturated carbocycles. The van der Waals surface area contributed by atoms with Crippen LogP contribution in [0.3, 0.4) is 0 Å². The lowest BCUT2D eigenvalue weighted by Gasteiger charge is -2.44. The van der Waals surface area contributed by atoms with Crippen molar-refractivity contribution in [1.82, 2.24) is 4.90 Å². The minimum Gasteiger partial charge on any atom is -0.385 e. The van der Waals surface area contributed by atoms with Crippen molar-refractivity contribution in [3.63, 3.8) is 0 Å². The second-order valence-electron chi connectivity index (χ2n) is 10.2. The van der Waals surface area contributed by atoms with Crippen molar-refractivity contribution in [3.05, 3.63) is 60.2 Å². The Morgan fingerprint density at radius 3 is 2.59 bits per heavy atom. The van der Waals surface area contributed by atoms with Gasteiger partial charge in [0.25, 0.3) is 0 Å². The van der Waals surface area contributed by atoms with Gasteiger partial charge in [0.1, 0.15) is 0 Å². The fourth-order valence-corrected chi connectivity index (χ4v) is 6.00. The van der Waals surface area contributed by atoms with Crippen molar-refractivity contribution in [2.24, 2.45) is 17.6 Å². The maximum absolute atomic E-state index is 13.3. The summed E-state index contributed by atoms with van der Waals surface area (Å²) in [7, 11) is 1.72. The van der Waals surface area contributed by atoms with E-state index in [-0.39, 0.29) is 23.8 Å². The van der Waals surface area contributed by atoms with Gasteiger partial charge in [0, 0.05) is 44.7 Å². The second kappa shape index (κ2) is 11.5. The molecular weight excluding hydrogens is 424 g/mol. The van der Waals surface area contributed by atoms with Crippen LogP contribution in [0.15, 0.2) is 54.6 Å². The lowest BCUT2D eigenvalue weighted by molar-refractivity contribution is -0.140. The van der Waals surface area contributed by atoms with Crippen LogP contribution in [-0.2, 0) is 15.1 Å². The minimum atomic E-state index is -1.01. The fourth-order valence-electron chi connectivity index (χ4n) is 6.00. The number of hydrogen-bond donors (Lipinski definition) is 2. The van der Waals surface area contributed by atoms with Gasteiger partial charge in [-0.2, -0.15) is 0 Å². The van der Waals surface area contributed by atoms with E-state index in [1.165, 1.54) is 0 Å². The van der Waals surface area contributed by atoms with Crippen molar-refractivity contribution in [1.29, 1.82) is 0 Å². The summed E-state index contributed by atoms with van der Waals surface area (Å²) < 4.78 is 5.27. The Labute approximate surface area is 204 Å². The molecular formula is C29H40N2O3. The van der Waals surface area contributed by atoms with E-state index in [4.69, 9.17) is 10.5 Å². The van der Waals surface area contributed by atoms with Crippen LogP contribution in [0.2, 0.25) is 0 Å². The number of likely N-dealkylation sites (tertiary alicyclic amines) is 1. The summed E-state index contributed by atoms with van der Waals surface area (Å²) in [5, 5.41) is 12.5. The molecule has 0 spiro atoms. The average Bonchev–Trinajstić information content (AvgIpc) is 3.33. The molecule has 2 fully saturated rings. The van der Waals surface area contributed by atoms with E-state index >= 15 is 0 Å². The van der Waals surface area contributed by atoms with Crippen molar-refractivity contribution in [2.45, 2.75) is 63.0 Å². The number of nitrogens with two attached hydrogens (primary N) is 1. The second-order valence-corrected chi connectivity index (χ2v) is 10.2. The Morgan fingerprint density at radius 2 is 1.85 bits per heavy atom. The van der Waals surface area contributed by atoms with Gasteiger partial charge in [-0.25, -0.2) is 0 Å². The summed E-state index contributed by atoms with van der Waals surface area (Å²) in [6.07, 6.45) is 6.87. The number of aliphatic hydroxyl groups is 1. The quantitative estimate of drug-likeness (QED) is 0.527. The number of carbonyl (C=O) groups is 1. The van der Waals surface area contributed by atoms with E-state index in [1.54, 1.807) is 7.11 Å². The number of benzene rings is 2. The van der Waals surface area contributed by atoms with Crippen molar-refractivity contribution < 1.29 is 14.6 Å². The third-order valence-corrected chi connectivity index (χ3v) is 7.87. The Balaban J connectivity index is 1.63. The number of ether oxygens (including phenoxy) is 1. The molecule has 1 aliphatic carbocycles. The molecule has 0 radical (unpaired) electrons. The van der Waals surface area contributed by atoms with Crippen LogP contribution >= 0.6 is 0 Å². The van der Waals surface area contributed by atoms with Crippen LogP contribution in [0.1, 0.15) is 56.9 Å². The molecule has 1 aliphatic heterocycles. The number of rotatable bonds is 9. The third kappa shape index (κ3) is 5.54.